The lowest BCUT2D eigenvalue weighted by Gasteiger charge is -2.26. The molecule has 2 aliphatic rings. The van der Waals surface area contributed by atoms with E-state index in [0.29, 0.717) is 12.2 Å². The average Bonchev–Trinajstić information content (AvgIpc) is 2.82. The predicted octanol–water partition coefficient (Wildman–Crippen LogP) is 1.75. The molecule has 6 heteroatoms. The van der Waals surface area contributed by atoms with E-state index in [2.05, 4.69) is 20.5 Å². The van der Waals surface area contributed by atoms with E-state index in [-0.39, 0.29) is 5.91 Å². The number of nitrogens with one attached hydrogen (secondary N) is 2. The van der Waals surface area contributed by atoms with Crippen LogP contribution in [-0.4, -0.2) is 61.7 Å². The molecule has 1 saturated carbocycles. The maximum Gasteiger partial charge on any atom is 0.272 e. The van der Waals surface area contributed by atoms with Gasteiger partial charge in [0.05, 0.1) is 12.3 Å². The zero-order valence-electron chi connectivity index (χ0n) is 14.3. The molecule has 2 N–H and O–H groups in total. The molecular weight excluding hydrogens is 304 g/mol. The van der Waals surface area contributed by atoms with E-state index in [1.807, 2.05) is 12.1 Å². The SMILES string of the molecule is O=C(NCCN1CCCOCC1)c1ncccc1NCC1CCC1. The van der Waals surface area contributed by atoms with Gasteiger partial charge in [0, 0.05) is 45.5 Å². The summed E-state index contributed by atoms with van der Waals surface area (Å²) in [4.78, 5) is 19.1. The molecule has 1 saturated heterocycles. The van der Waals surface area contributed by atoms with Gasteiger partial charge in [0.2, 0.25) is 0 Å². The van der Waals surface area contributed by atoms with Crippen LogP contribution in [0.1, 0.15) is 36.2 Å². The van der Waals surface area contributed by atoms with Crippen LogP contribution >= 0.6 is 0 Å². The molecule has 1 aromatic heterocycles. The Balaban J connectivity index is 1.46. The van der Waals surface area contributed by atoms with Crippen molar-refractivity contribution in [2.24, 2.45) is 5.92 Å². The molecule has 0 radical (unpaired) electrons. The number of hydrogen-bond acceptors (Lipinski definition) is 5. The molecule has 2 fully saturated rings. The molecule has 24 heavy (non-hydrogen) atoms. The summed E-state index contributed by atoms with van der Waals surface area (Å²) in [6.45, 7) is 6.02. The van der Waals surface area contributed by atoms with Crippen molar-refractivity contribution < 1.29 is 9.53 Å². The smallest absolute Gasteiger partial charge is 0.272 e. The Morgan fingerprint density at radius 3 is 3.04 bits per heavy atom. The fourth-order valence-electron chi connectivity index (χ4n) is 3.11. The lowest BCUT2D eigenvalue weighted by Crippen LogP contribution is -2.36. The number of rotatable bonds is 7. The Morgan fingerprint density at radius 2 is 2.21 bits per heavy atom. The van der Waals surface area contributed by atoms with Crippen molar-refractivity contribution in [3.05, 3.63) is 24.0 Å². The Labute approximate surface area is 144 Å². The van der Waals surface area contributed by atoms with Gasteiger partial charge in [-0.1, -0.05) is 6.42 Å². The van der Waals surface area contributed by atoms with Crippen LogP contribution in [0.25, 0.3) is 0 Å². The van der Waals surface area contributed by atoms with Crippen molar-refractivity contribution in [1.82, 2.24) is 15.2 Å². The van der Waals surface area contributed by atoms with Crippen LogP contribution in [0.3, 0.4) is 0 Å². The highest BCUT2D eigenvalue weighted by molar-refractivity contribution is 5.97. The van der Waals surface area contributed by atoms with Gasteiger partial charge in [-0.25, -0.2) is 4.98 Å². The number of anilines is 1. The number of aromatic nitrogens is 1. The van der Waals surface area contributed by atoms with E-state index in [9.17, 15) is 4.79 Å². The van der Waals surface area contributed by atoms with Crippen molar-refractivity contribution in [3.8, 4) is 0 Å². The zero-order valence-corrected chi connectivity index (χ0v) is 14.3. The van der Waals surface area contributed by atoms with Gasteiger partial charge in [0.1, 0.15) is 0 Å². The number of pyridine rings is 1. The largest absolute Gasteiger partial charge is 0.383 e. The molecule has 0 aromatic carbocycles. The second kappa shape index (κ2) is 8.99. The Kier molecular flexibility index (Phi) is 6.43. The van der Waals surface area contributed by atoms with Crippen LogP contribution in [0.2, 0.25) is 0 Å². The van der Waals surface area contributed by atoms with Crippen molar-refractivity contribution in [3.63, 3.8) is 0 Å². The Bertz CT molecular complexity index is 526. The quantitative estimate of drug-likeness (QED) is 0.796. The van der Waals surface area contributed by atoms with Gasteiger partial charge < -0.3 is 15.4 Å². The predicted molar refractivity (Wildman–Crippen MR) is 94.3 cm³/mol. The third kappa shape index (κ3) is 4.92. The third-order valence-electron chi connectivity index (χ3n) is 4.86. The summed E-state index contributed by atoms with van der Waals surface area (Å²) in [5.74, 6) is 0.643. The number of carbonyl (C=O) groups is 1. The molecule has 6 nitrogen and oxygen atoms in total. The zero-order chi connectivity index (χ0) is 16.6. The van der Waals surface area contributed by atoms with Gasteiger partial charge in [-0.3, -0.25) is 9.69 Å². The topological polar surface area (TPSA) is 66.5 Å². The lowest BCUT2D eigenvalue weighted by atomic mass is 9.85. The summed E-state index contributed by atoms with van der Waals surface area (Å²) >= 11 is 0. The highest BCUT2D eigenvalue weighted by Crippen LogP contribution is 2.26. The fourth-order valence-corrected chi connectivity index (χ4v) is 3.11. The van der Waals surface area contributed by atoms with E-state index in [1.165, 1.54) is 19.3 Å². The standard InChI is InChI=1S/C18H28N4O2/c23-18(20-8-10-22-9-3-12-24-13-11-22)17-16(6-2-7-19-17)21-14-15-4-1-5-15/h2,6-7,15,21H,1,3-5,8-14H2,(H,20,23). The van der Waals surface area contributed by atoms with Gasteiger partial charge in [0.25, 0.3) is 5.91 Å². The number of nitrogens with zero attached hydrogens (tertiary/aromatic N) is 2. The Morgan fingerprint density at radius 1 is 1.29 bits per heavy atom. The maximum absolute atomic E-state index is 12.4. The molecule has 2 heterocycles. The first-order chi connectivity index (χ1) is 11.8. The minimum atomic E-state index is -0.0993. The van der Waals surface area contributed by atoms with E-state index in [4.69, 9.17) is 4.74 Å². The highest BCUT2D eigenvalue weighted by Gasteiger charge is 2.19. The van der Waals surface area contributed by atoms with Gasteiger partial charge >= 0.3 is 0 Å². The summed E-state index contributed by atoms with van der Waals surface area (Å²) in [7, 11) is 0. The van der Waals surface area contributed by atoms with Crippen molar-refractivity contribution in [2.75, 3.05) is 51.3 Å². The minimum absolute atomic E-state index is 0.0993. The van der Waals surface area contributed by atoms with Crippen LogP contribution in [0, 0.1) is 5.92 Å². The van der Waals surface area contributed by atoms with Crippen molar-refractivity contribution >= 4 is 11.6 Å². The first-order valence-corrected chi connectivity index (χ1v) is 9.10. The molecule has 0 atom stereocenters. The molecule has 132 valence electrons. The van der Waals surface area contributed by atoms with Gasteiger partial charge in [-0.2, -0.15) is 0 Å². The van der Waals surface area contributed by atoms with Crippen LogP contribution < -0.4 is 10.6 Å². The lowest BCUT2D eigenvalue weighted by molar-refractivity contribution is 0.0943. The summed E-state index contributed by atoms with van der Waals surface area (Å²) in [6, 6.07) is 3.81. The van der Waals surface area contributed by atoms with Crippen LogP contribution in [0.5, 0.6) is 0 Å². The van der Waals surface area contributed by atoms with E-state index in [1.54, 1.807) is 6.20 Å². The summed E-state index contributed by atoms with van der Waals surface area (Å²) in [5.41, 5.74) is 1.33. The van der Waals surface area contributed by atoms with Gasteiger partial charge in [0.15, 0.2) is 5.69 Å². The van der Waals surface area contributed by atoms with Crippen LogP contribution in [0.4, 0.5) is 5.69 Å². The monoisotopic (exact) mass is 332 g/mol. The summed E-state index contributed by atoms with van der Waals surface area (Å²) in [6.07, 6.45) is 6.63. The molecule has 0 bridgehead atoms. The van der Waals surface area contributed by atoms with Crippen LogP contribution in [0.15, 0.2) is 18.3 Å². The molecule has 0 spiro atoms. The average molecular weight is 332 g/mol. The number of carbonyl (C=O) groups excluding carboxylic acids is 1. The third-order valence-corrected chi connectivity index (χ3v) is 4.86. The van der Waals surface area contributed by atoms with E-state index >= 15 is 0 Å². The fraction of sp³-hybridized carbons (Fsp3) is 0.667. The first-order valence-electron chi connectivity index (χ1n) is 9.10. The maximum atomic E-state index is 12.4. The second-order valence-corrected chi connectivity index (χ2v) is 6.64. The van der Waals surface area contributed by atoms with E-state index in [0.717, 1.165) is 57.4 Å². The molecule has 0 unspecified atom stereocenters. The van der Waals surface area contributed by atoms with Crippen molar-refractivity contribution in [1.29, 1.82) is 0 Å². The van der Waals surface area contributed by atoms with Gasteiger partial charge in [-0.15, -0.1) is 0 Å². The summed E-state index contributed by atoms with van der Waals surface area (Å²) < 4.78 is 5.45. The molecular formula is C18H28N4O2. The Hall–Kier alpha value is -1.66. The number of ether oxygens (including phenoxy) is 1. The van der Waals surface area contributed by atoms with Gasteiger partial charge in [-0.05, 0) is 37.3 Å². The summed E-state index contributed by atoms with van der Waals surface area (Å²) in [5, 5.41) is 6.39. The van der Waals surface area contributed by atoms with E-state index < -0.39 is 0 Å². The molecule has 1 amide bonds. The first kappa shape index (κ1) is 17.2. The highest BCUT2D eigenvalue weighted by atomic mass is 16.5. The minimum Gasteiger partial charge on any atom is -0.383 e. The number of amides is 1. The normalized spacial score (nSPS) is 19.3. The molecule has 3 rings (SSSR count). The number of hydrogen-bond donors (Lipinski definition) is 2. The second-order valence-electron chi connectivity index (χ2n) is 6.64. The molecule has 1 aromatic rings. The van der Waals surface area contributed by atoms with Crippen LogP contribution in [-0.2, 0) is 4.74 Å². The molecule has 1 aliphatic carbocycles. The molecule has 1 aliphatic heterocycles. The van der Waals surface area contributed by atoms with Crippen molar-refractivity contribution in [2.45, 2.75) is 25.7 Å².